The van der Waals surface area contributed by atoms with Gasteiger partial charge in [-0.25, -0.2) is 18.7 Å². The summed E-state index contributed by atoms with van der Waals surface area (Å²) in [6, 6.07) is 0. The number of unbranched alkanes of at least 4 members (excludes halogenated alkanes) is 6. The Kier molecular flexibility index (Phi) is 8.88. The van der Waals surface area contributed by atoms with Crippen molar-refractivity contribution in [1.29, 1.82) is 0 Å². The highest BCUT2D eigenvalue weighted by Gasteiger charge is 2.21. The molecule has 0 unspecified atom stereocenters. The van der Waals surface area contributed by atoms with Crippen LogP contribution in [0.1, 0.15) is 76.6 Å². The molecular weight excluding hydrogens is 466 g/mol. The van der Waals surface area contributed by atoms with Crippen LogP contribution in [0.15, 0.2) is 8.95 Å². The Morgan fingerprint density at radius 2 is 1.04 bits per heavy atom. The molecule has 0 atom stereocenters. The highest BCUT2D eigenvalue weighted by atomic mass is 79.9. The molecule has 6 heteroatoms. The van der Waals surface area contributed by atoms with Crippen LogP contribution in [0, 0.1) is 11.6 Å². The highest BCUT2D eigenvalue weighted by molar-refractivity contribution is 9.11. The largest absolute Gasteiger partial charge is 0.248 e. The van der Waals surface area contributed by atoms with E-state index in [4.69, 9.17) is 0 Å². The molecule has 0 aliphatic rings. The summed E-state index contributed by atoms with van der Waals surface area (Å²) < 4.78 is 28.2. The van der Waals surface area contributed by atoms with Crippen LogP contribution in [-0.2, 0) is 12.8 Å². The summed E-state index contributed by atoms with van der Waals surface area (Å²) in [5, 5.41) is 0. The minimum atomic E-state index is -0.925. The molecule has 0 spiro atoms. The third-order valence-electron chi connectivity index (χ3n) is 4.58. The molecule has 0 saturated carbocycles. The monoisotopic (exact) mass is 490 g/mol. The zero-order valence-corrected chi connectivity index (χ0v) is 18.6. The zero-order chi connectivity index (χ0) is 19.1. The van der Waals surface area contributed by atoms with Crippen molar-refractivity contribution in [1.82, 2.24) is 9.97 Å². The fourth-order valence-electron chi connectivity index (χ4n) is 3.05. The number of hydrogen-bond donors (Lipinski definition) is 0. The van der Waals surface area contributed by atoms with E-state index in [2.05, 4.69) is 55.7 Å². The van der Waals surface area contributed by atoms with Crippen molar-refractivity contribution in [3.63, 3.8) is 0 Å². The van der Waals surface area contributed by atoms with Gasteiger partial charge in [-0.15, -0.1) is 0 Å². The third kappa shape index (κ3) is 5.22. The van der Waals surface area contributed by atoms with Crippen LogP contribution in [0.5, 0.6) is 0 Å². The smallest absolute Gasteiger partial charge is 0.176 e. The average Bonchev–Trinajstić information content (AvgIpc) is 2.65. The molecular formula is C20H26Br2F2N2. The van der Waals surface area contributed by atoms with Crippen LogP contribution < -0.4 is 0 Å². The molecule has 1 aromatic heterocycles. The first-order valence-corrected chi connectivity index (χ1v) is 11.1. The number of aromatic nitrogens is 2. The van der Waals surface area contributed by atoms with Crippen LogP contribution in [-0.4, -0.2) is 9.97 Å². The van der Waals surface area contributed by atoms with Crippen LogP contribution in [0.25, 0.3) is 11.0 Å². The number of aryl methyl sites for hydroxylation is 2. The molecule has 26 heavy (non-hydrogen) atoms. The molecule has 0 aliphatic heterocycles. The maximum Gasteiger partial charge on any atom is 0.176 e. The van der Waals surface area contributed by atoms with Gasteiger partial charge in [0.25, 0.3) is 0 Å². The van der Waals surface area contributed by atoms with Crippen molar-refractivity contribution in [2.75, 3.05) is 0 Å². The summed E-state index contributed by atoms with van der Waals surface area (Å²) in [7, 11) is 0. The predicted molar refractivity (Wildman–Crippen MR) is 111 cm³/mol. The summed E-state index contributed by atoms with van der Waals surface area (Å²) in [6.45, 7) is 4.36. The van der Waals surface area contributed by atoms with E-state index < -0.39 is 11.6 Å². The second-order valence-electron chi connectivity index (χ2n) is 6.69. The Labute approximate surface area is 171 Å². The summed E-state index contributed by atoms with van der Waals surface area (Å²) in [6.07, 6.45) is 10.8. The molecule has 0 amide bonds. The van der Waals surface area contributed by atoms with Gasteiger partial charge in [-0.05, 0) is 57.5 Å². The molecule has 0 radical (unpaired) electrons. The molecule has 0 aliphatic carbocycles. The Morgan fingerprint density at radius 3 is 1.38 bits per heavy atom. The quantitative estimate of drug-likeness (QED) is 0.193. The molecule has 0 bridgehead atoms. The van der Waals surface area contributed by atoms with E-state index in [1.807, 2.05) is 0 Å². The summed E-state index contributed by atoms with van der Waals surface area (Å²) >= 11 is 6.30. The molecule has 0 N–H and O–H groups in total. The Hall–Kier alpha value is -0.620. The van der Waals surface area contributed by atoms with E-state index in [1.165, 1.54) is 25.7 Å². The van der Waals surface area contributed by atoms with Crippen LogP contribution in [0.4, 0.5) is 8.78 Å². The first-order valence-electron chi connectivity index (χ1n) is 9.52. The Bertz CT molecular complexity index is 688. The zero-order valence-electron chi connectivity index (χ0n) is 15.5. The van der Waals surface area contributed by atoms with E-state index in [0.717, 1.165) is 49.9 Å². The maximum atomic E-state index is 14.1. The topological polar surface area (TPSA) is 25.8 Å². The molecule has 2 rings (SSSR count). The van der Waals surface area contributed by atoms with Crippen molar-refractivity contribution < 1.29 is 8.78 Å². The van der Waals surface area contributed by atoms with Gasteiger partial charge < -0.3 is 0 Å². The number of rotatable bonds is 10. The lowest BCUT2D eigenvalue weighted by molar-refractivity contribution is 0.502. The third-order valence-corrected chi connectivity index (χ3v) is 6.03. The second-order valence-corrected chi connectivity index (χ2v) is 8.28. The molecule has 2 nitrogen and oxygen atoms in total. The number of halogens is 4. The standard InChI is InChI=1S/C20H26Br2F2N2/c1-3-5-7-9-11-13-14(12-10-8-6-4-2)26-20-16(22)18(24)17(23)15(21)19(20)25-13/h3-12H2,1-2H3. The molecule has 1 aromatic carbocycles. The predicted octanol–water partition coefficient (Wildman–Crippen LogP) is 7.68. The van der Waals surface area contributed by atoms with Gasteiger partial charge in [-0.2, -0.15) is 0 Å². The second kappa shape index (κ2) is 10.6. The number of hydrogen-bond acceptors (Lipinski definition) is 2. The van der Waals surface area contributed by atoms with Gasteiger partial charge in [0.1, 0.15) is 11.0 Å². The molecule has 0 saturated heterocycles. The fourth-order valence-corrected chi connectivity index (χ4v) is 3.95. The molecule has 2 aromatic rings. The van der Waals surface area contributed by atoms with Crippen LogP contribution in [0.3, 0.4) is 0 Å². The van der Waals surface area contributed by atoms with Gasteiger partial charge in [-0.1, -0.05) is 52.4 Å². The Morgan fingerprint density at radius 1 is 0.654 bits per heavy atom. The molecule has 0 fully saturated rings. The highest BCUT2D eigenvalue weighted by Crippen LogP contribution is 2.34. The normalized spacial score (nSPS) is 11.5. The lowest BCUT2D eigenvalue weighted by Gasteiger charge is -2.13. The Balaban J connectivity index is 2.39. The van der Waals surface area contributed by atoms with Crippen molar-refractivity contribution in [3.8, 4) is 0 Å². The van der Waals surface area contributed by atoms with E-state index in [-0.39, 0.29) is 8.95 Å². The summed E-state index contributed by atoms with van der Waals surface area (Å²) in [4.78, 5) is 9.38. The van der Waals surface area contributed by atoms with E-state index in [1.54, 1.807) is 0 Å². The van der Waals surface area contributed by atoms with Gasteiger partial charge >= 0.3 is 0 Å². The molecule has 144 valence electrons. The van der Waals surface area contributed by atoms with Gasteiger partial charge in [0.2, 0.25) is 0 Å². The SMILES string of the molecule is CCCCCCc1nc2c(Br)c(F)c(F)c(Br)c2nc1CCCCCC. The molecule has 1 heterocycles. The van der Waals surface area contributed by atoms with E-state index in [0.29, 0.717) is 11.0 Å². The first-order chi connectivity index (χ1) is 12.5. The first kappa shape index (κ1) is 21.7. The minimum absolute atomic E-state index is 0.0491. The number of nitrogens with zero attached hydrogens (tertiary/aromatic N) is 2. The van der Waals surface area contributed by atoms with Crippen molar-refractivity contribution in [2.24, 2.45) is 0 Å². The summed E-state index contributed by atoms with van der Waals surface area (Å²) in [5.41, 5.74) is 2.62. The lowest BCUT2D eigenvalue weighted by atomic mass is 10.0. The van der Waals surface area contributed by atoms with Gasteiger partial charge in [-0.3, -0.25) is 0 Å². The van der Waals surface area contributed by atoms with E-state index in [9.17, 15) is 8.78 Å². The number of benzene rings is 1. The summed E-state index contributed by atoms with van der Waals surface area (Å²) in [5.74, 6) is -1.85. The average molecular weight is 492 g/mol. The maximum absolute atomic E-state index is 14.1. The van der Waals surface area contributed by atoms with Crippen LogP contribution >= 0.6 is 31.9 Å². The van der Waals surface area contributed by atoms with Crippen LogP contribution in [0.2, 0.25) is 0 Å². The number of fused-ring (bicyclic) bond motifs is 1. The minimum Gasteiger partial charge on any atom is -0.248 e. The fraction of sp³-hybridized carbons (Fsp3) is 0.600. The van der Waals surface area contributed by atoms with E-state index >= 15 is 0 Å². The van der Waals surface area contributed by atoms with Gasteiger partial charge in [0.15, 0.2) is 11.6 Å². The van der Waals surface area contributed by atoms with Crippen molar-refractivity contribution in [2.45, 2.75) is 78.1 Å². The van der Waals surface area contributed by atoms with Crippen molar-refractivity contribution >= 4 is 42.9 Å². The lowest BCUT2D eigenvalue weighted by Crippen LogP contribution is -2.06. The van der Waals surface area contributed by atoms with Crippen molar-refractivity contribution in [3.05, 3.63) is 32.0 Å². The van der Waals surface area contributed by atoms with Gasteiger partial charge in [0.05, 0.1) is 20.3 Å². The van der Waals surface area contributed by atoms with Gasteiger partial charge in [0, 0.05) is 0 Å².